The van der Waals surface area contributed by atoms with Gasteiger partial charge in [-0.05, 0) is 19.1 Å². The van der Waals surface area contributed by atoms with Crippen LogP contribution in [0, 0.1) is 0 Å². The van der Waals surface area contributed by atoms with Gasteiger partial charge in [0.1, 0.15) is 5.75 Å². The van der Waals surface area contributed by atoms with Gasteiger partial charge in [0.05, 0.1) is 0 Å². The number of hydrogen-bond donors (Lipinski definition) is 3. The van der Waals surface area contributed by atoms with Gasteiger partial charge >= 0.3 is 0 Å². The quantitative estimate of drug-likeness (QED) is 0.775. The zero-order valence-corrected chi connectivity index (χ0v) is 10.2. The number of carbonyl (C=O) groups excluding carboxylic acids is 1. The summed E-state index contributed by atoms with van der Waals surface area (Å²) >= 11 is 0. The number of hydrogen-bond acceptors (Lipinski definition) is 3. The fourth-order valence-electron chi connectivity index (χ4n) is 1.90. The molecule has 4 N–H and O–H groups in total. The van der Waals surface area contributed by atoms with E-state index in [2.05, 4.69) is 5.32 Å². The normalized spacial score (nSPS) is 12.3. The van der Waals surface area contributed by atoms with Gasteiger partial charge in [0.25, 0.3) is 0 Å². The van der Waals surface area contributed by atoms with Crippen LogP contribution in [0.2, 0.25) is 0 Å². The van der Waals surface area contributed by atoms with Crippen molar-refractivity contribution in [3.05, 3.63) is 36.4 Å². The highest BCUT2D eigenvalue weighted by Crippen LogP contribution is 2.29. The molecule has 1 atom stereocenters. The number of anilines is 1. The van der Waals surface area contributed by atoms with Crippen LogP contribution in [-0.2, 0) is 4.79 Å². The molecule has 94 valence electrons. The fourth-order valence-corrected chi connectivity index (χ4v) is 1.90. The molecule has 0 spiro atoms. The van der Waals surface area contributed by atoms with E-state index < -0.39 is 0 Å². The van der Waals surface area contributed by atoms with Gasteiger partial charge < -0.3 is 16.2 Å². The molecule has 0 aliphatic heterocycles. The van der Waals surface area contributed by atoms with E-state index in [9.17, 15) is 9.90 Å². The highest BCUT2D eigenvalue weighted by molar-refractivity contribution is 6.03. The third-order valence-electron chi connectivity index (χ3n) is 2.68. The van der Waals surface area contributed by atoms with Crippen LogP contribution in [0.3, 0.4) is 0 Å². The first kappa shape index (κ1) is 12.4. The first-order chi connectivity index (χ1) is 8.58. The Balaban J connectivity index is 2.34. The van der Waals surface area contributed by atoms with E-state index >= 15 is 0 Å². The largest absolute Gasteiger partial charge is 0.507 e. The molecule has 4 nitrogen and oxygen atoms in total. The van der Waals surface area contributed by atoms with Gasteiger partial charge in [-0.3, -0.25) is 4.79 Å². The predicted molar refractivity (Wildman–Crippen MR) is 72.5 cm³/mol. The van der Waals surface area contributed by atoms with E-state index in [-0.39, 0.29) is 24.1 Å². The van der Waals surface area contributed by atoms with Gasteiger partial charge in [-0.2, -0.15) is 0 Å². The van der Waals surface area contributed by atoms with Crippen LogP contribution in [0.25, 0.3) is 10.8 Å². The number of aromatic hydroxyl groups is 1. The zero-order valence-electron chi connectivity index (χ0n) is 10.2. The number of amides is 1. The molecule has 0 heterocycles. The molecule has 0 bridgehead atoms. The van der Waals surface area contributed by atoms with Crippen molar-refractivity contribution in [3.8, 4) is 5.75 Å². The van der Waals surface area contributed by atoms with Crippen LogP contribution in [0.5, 0.6) is 5.75 Å². The Morgan fingerprint density at radius 1 is 1.28 bits per heavy atom. The summed E-state index contributed by atoms with van der Waals surface area (Å²) < 4.78 is 0. The minimum atomic E-state index is -0.173. The van der Waals surface area contributed by atoms with E-state index in [4.69, 9.17) is 5.73 Å². The van der Waals surface area contributed by atoms with E-state index in [0.717, 1.165) is 10.8 Å². The molecule has 2 rings (SSSR count). The van der Waals surface area contributed by atoms with Gasteiger partial charge in [0.15, 0.2) is 0 Å². The monoisotopic (exact) mass is 244 g/mol. The average Bonchev–Trinajstić information content (AvgIpc) is 2.29. The van der Waals surface area contributed by atoms with Crippen LogP contribution in [0.1, 0.15) is 13.3 Å². The summed E-state index contributed by atoms with van der Waals surface area (Å²) in [5.74, 6) is 0.0802. The first-order valence-electron chi connectivity index (χ1n) is 5.84. The third kappa shape index (κ3) is 2.60. The van der Waals surface area contributed by atoms with Gasteiger partial charge in [-0.15, -0.1) is 0 Å². The maximum absolute atomic E-state index is 11.7. The summed E-state index contributed by atoms with van der Waals surface area (Å²) in [4.78, 5) is 11.7. The average molecular weight is 244 g/mol. The Labute approximate surface area is 105 Å². The smallest absolute Gasteiger partial charge is 0.225 e. The minimum absolute atomic E-state index is 0.124. The molecule has 2 aromatic carbocycles. The van der Waals surface area contributed by atoms with Gasteiger partial charge in [0.2, 0.25) is 5.91 Å². The third-order valence-corrected chi connectivity index (χ3v) is 2.68. The molecular formula is C14H16N2O2. The molecule has 0 fully saturated rings. The number of benzene rings is 2. The van der Waals surface area contributed by atoms with Crippen LogP contribution in [0.15, 0.2) is 36.4 Å². The number of carbonyl (C=O) groups is 1. The SMILES string of the molecule is CC(N)CC(=O)Nc1cccc2c(O)cccc12. The van der Waals surface area contributed by atoms with Crippen LogP contribution in [0.4, 0.5) is 5.69 Å². The van der Waals surface area contributed by atoms with Crippen molar-refractivity contribution in [2.24, 2.45) is 5.73 Å². The van der Waals surface area contributed by atoms with Crippen molar-refractivity contribution in [1.82, 2.24) is 0 Å². The predicted octanol–water partition coefficient (Wildman–Crippen LogP) is 2.22. The second kappa shape index (κ2) is 5.06. The second-order valence-electron chi connectivity index (χ2n) is 4.41. The second-order valence-corrected chi connectivity index (χ2v) is 4.41. The van der Waals surface area contributed by atoms with E-state index in [0.29, 0.717) is 5.69 Å². The van der Waals surface area contributed by atoms with Crippen LogP contribution < -0.4 is 11.1 Å². The maximum atomic E-state index is 11.7. The molecular weight excluding hydrogens is 228 g/mol. The molecule has 0 saturated heterocycles. The van der Waals surface area contributed by atoms with Crippen molar-refractivity contribution in [3.63, 3.8) is 0 Å². The topological polar surface area (TPSA) is 75.4 Å². The lowest BCUT2D eigenvalue weighted by Crippen LogP contribution is -2.24. The molecule has 1 unspecified atom stereocenters. The molecule has 0 aromatic heterocycles. The molecule has 2 aromatic rings. The lowest BCUT2D eigenvalue weighted by atomic mass is 10.1. The lowest BCUT2D eigenvalue weighted by Gasteiger charge is -2.10. The molecule has 0 aliphatic rings. The fraction of sp³-hybridized carbons (Fsp3) is 0.214. The van der Waals surface area contributed by atoms with Crippen molar-refractivity contribution in [1.29, 1.82) is 0 Å². The Morgan fingerprint density at radius 3 is 2.67 bits per heavy atom. The summed E-state index contributed by atoms with van der Waals surface area (Å²) in [5, 5.41) is 14.1. The molecule has 18 heavy (non-hydrogen) atoms. The Hall–Kier alpha value is -2.07. The number of phenolic OH excluding ortho intramolecular Hbond substituents is 1. The lowest BCUT2D eigenvalue weighted by molar-refractivity contribution is -0.116. The summed E-state index contributed by atoms with van der Waals surface area (Å²) in [5.41, 5.74) is 6.27. The number of rotatable bonds is 3. The molecule has 4 heteroatoms. The van der Waals surface area contributed by atoms with Crippen LogP contribution >= 0.6 is 0 Å². The Bertz CT molecular complexity index is 579. The van der Waals surface area contributed by atoms with Crippen molar-refractivity contribution >= 4 is 22.4 Å². The molecule has 0 aliphatic carbocycles. The summed E-state index contributed by atoms with van der Waals surface area (Å²) in [6.45, 7) is 1.79. The number of fused-ring (bicyclic) bond motifs is 1. The summed E-state index contributed by atoms with van der Waals surface area (Å²) in [7, 11) is 0. The number of nitrogens with one attached hydrogen (secondary N) is 1. The molecule has 0 saturated carbocycles. The highest BCUT2D eigenvalue weighted by atomic mass is 16.3. The van der Waals surface area contributed by atoms with Crippen molar-refractivity contribution < 1.29 is 9.90 Å². The van der Waals surface area contributed by atoms with E-state index in [1.165, 1.54) is 0 Å². The maximum Gasteiger partial charge on any atom is 0.225 e. The standard InChI is InChI=1S/C14H16N2O2/c1-9(15)8-14(18)16-12-6-2-5-11-10(12)4-3-7-13(11)17/h2-7,9,17H,8,15H2,1H3,(H,16,18). The van der Waals surface area contributed by atoms with Crippen molar-refractivity contribution in [2.75, 3.05) is 5.32 Å². The first-order valence-corrected chi connectivity index (χ1v) is 5.84. The summed E-state index contributed by atoms with van der Waals surface area (Å²) in [6.07, 6.45) is 0.273. The van der Waals surface area contributed by atoms with Crippen molar-refractivity contribution in [2.45, 2.75) is 19.4 Å². The molecule has 1 amide bonds. The summed E-state index contributed by atoms with van der Waals surface area (Å²) in [6, 6.07) is 10.5. The molecule has 0 radical (unpaired) electrons. The van der Waals surface area contributed by atoms with Gasteiger partial charge in [-0.25, -0.2) is 0 Å². The van der Waals surface area contributed by atoms with E-state index in [1.54, 1.807) is 31.2 Å². The Morgan fingerprint density at radius 2 is 1.94 bits per heavy atom. The number of nitrogens with two attached hydrogens (primary N) is 1. The zero-order chi connectivity index (χ0) is 13.1. The van der Waals surface area contributed by atoms with Gasteiger partial charge in [-0.1, -0.05) is 24.3 Å². The highest BCUT2D eigenvalue weighted by Gasteiger charge is 2.08. The number of phenols is 1. The minimum Gasteiger partial charge on any atom is -0.507 e. The Kier molecular flexibility index (Phi) is 3.48. The van der Waals surface area contributed by atoms with Crippen LogP contribution in [-0.4, -0.2) is 17.1 Å². The van der Waals surface area contributed by atoms with Gasteiger partial charge in [0, 0.05) is 28.9 Å². The van der Waals surface area contributed by atoms with E-state index in [1.807, 2.05) is 12.1 Å².